The predicted octanol–water partition coefficient (Wildman–Crippen LogP) is 0.0994. The van der Waals surface area contributed by atoms with E-state index in [1.807, 2.05) is 0 Å². The molecule has 2 N–H and O–H groups in total. The molecule has 2 atom stereocenters. The normalized spacial score (nSPS) is 27.7. The molecule has 1 fully saturated rings. The monoisotopic (exact) mass is 221 g/mol. The number of hydrogen-bond acceptors (Lipinski definition) is 3. The van der Waals surface area contributed by atoms with Crippen molar-refractivity contribution < 1.29 is 14.0 Å². The molecule has 2 heterocycles. The summed E-state index contributed by atoms with van der Waals surface area (Å²) in [6.07, 6.45) is 2.78. The molecule has 5 nitrogen and oxygen atoms in total. The molecule has 2 aliphatic rings. The highest BCUT2D eigenvalue weighted by molar-refractivity contribution is 6.05. The van der Waals surface area contributed by atoms with Gasteiger partial charge in [0.05, 0.1) is 12.1 Å². The Balaban J connectivity index is 2.00. The summed E-state index contributed by atoms with van der Waals surface area (Å²) in [6.45, 7) is 0. The van der Waals surface area contributed by atoms with E-state index < -0.39 is 18.0 Å². The SMILES string of the molecule is O=C1NC(=O)C(C#CC2C=NC=C(F)C2)N1. The van der Waals surface area contributed by atoms with Gasteiger partial charge in [0.15, 0.2) is 6.04 Å². The Morgan fingerprint density at radius 2 is 2.25 bits per heavy atom. The van der Waals surface area contributed by atoms with Crippen LogP contribution in [-0.2, 0) is 4.79 Å². The van der Waals surface area contributed by atoms with Gasteiger partial charge in [-0.1, -0.05) is 11.8 Å². The molecule has 2 unspecified atom stereocenters. The van der Waals surface area contributed by atoms with Gasteiger partial charge in [-0.3, -0.25) is 15.1 Å². The van der Waals surface area contributed by atoms with Crippen molar-refractivity contribution in [3.63, 3.8) is 0 Å². The summed E-state index contributed by atoms with van der Waals surface area (Å²) in [5.41, 5.74) is 0. The topological polar surface area (TPSA) is 70.6 Å². The lowest BCUT2D eigenvalue weighted by Gasteiger charge is -2.06. The number of allylic oxidation sites excluding steroid dienone is 1. The van der Waals surface area contributed by atoms with Gasteiger partial charge in [0.1, 0.15) is 5.83 Å². The molecule has 6 heteroatoms. The highest BCUT2D eigenvalue weighted by atomic mass is 19.1. The number of carbonyl (C=O) groups excluding carboxylic acids is 2. The number of halogens is 1. The Labute approximate surface area is 90.8 Å². The van der Waals surface area contributed by atoms with Crippen molar-refractivity contribution in [1.82, 2.24) is 10.6 Å². The molecule has 2 aliphatic heterocycles. The van der Waals surface area contributed by atoms with Crippen LogP contribution in [0, 0.1) is 17.8 Å². The van der Waals surface area contributed by atoms with E-state index in [4.69, 9.17) is 0 Å². The predicted molar refractivity (Wildman–Crippen MR) is 54.0 cm³/mol. The molecule has 0 aliphatic carbocycles. The van der Waals surface area contributed by atoms with E-state index in [0.29, 0.717) is 0 Å². The van der Waals surface area contributed by atoms with Crippen LogP contribution in [0.1, 0.15) is 6.42 Å². The zero-order valence-corrected chi connectivity index (χ0v) is 8.16. The maximum atomic E-state index is 12.8. The van der Waals surface area contributed by atoms with Crippen LogP contribution < -0.4 is 10.6 Å². The maximum absolute atomic E-state index is 12.8. The van der Waals surface area contributed by atoms with E-state index in [1.54, 1.807) is 0 Å². The molecule has 16 heavy (non-hydrogen) atoms. The van der Waals surface area contributed by atoms with E-state index >= 15 is 0 Å². The fraction of sp³-hybridized carbons (Fsp3) is 0.300. The Hall–Kier alpha value is -2.16. The number of carbonyl (C=O) groups is 2. The smallest absolute Gasteiger partial charge is 0.316 e. The number of amides is 3. The second kappa shape index (κ2) is 4.14. The third-order valence-corrected chi connectivity index (χ3v) is 2.08. The van der Waals surface area contributed by atoms with Crippen molar-refractivity contribution >= 4 is 18.2 Å². The second-order valence-corrected chi connectivity index (χ2v) is 3.37. The number of aliphatic imine (C=N–C) groups is 1. The molecule has 3 amide bonds. The highest BCUT2D eigenvalue weighted by Crippen LogP contribution is 2.15. The van der Waals surface area contributed by atoms with E-state index in [9.17, 15) is 14.0 Å². The van der Waals surface area contributed by atoms with Gasteiger partial charge in [0.25, 0.3) is 5.91 Å². The third-order valence-electron chi connectivity index (χ3n) is 2.08. The van der Waals surface area contributed by atoms with Crippen LogP contribution in [-0.4, -0.2) is 24.2 Å². The molecular weight excluding hydrogens is 213 g/mol. The zero-order chi connectivity index (χ0) is 11.5. The molecule has 0 saturated carbocycles. The van der Waals surface area contributed by atoms with Crippen molar-refractivity contribution in [2.75, 3.05) is 0 Å². The minimum atomic E-state index is -0.852. The number of imide groups is 1. The van der Waals surface area contributed by atoms with Crippen molar-refractivity contribution in [2.24, 2.45) is 10.9 Å². The third kappa shape index (κ3) is 2.25. The molecule has 0 spiro atoms. The van der Waals surface area contributed by atoms with Crippen molar-refractivity contribution in [3.05, 3.63) is 12.0 Å². The van der Waals surface area contributed by atoms with Crippen LogP contribution in [0.25, 0.3) is 0 Å². The van der Waals surface area contributed by atoms with Gasteiger partial charge in [-0.15, -0.1) is 0 Å². The average molecular weight is 221 g/mol. The maximum Gasteiger partial charge on any atom is 0.322 e. The Kier molecular flexibility index (Phi) is 2.68. The number of nitrogens with zero attached hydrogens (tertiary/aromatic N) is 1. The second-order valence-electron chi connectivity index (χ2n) is 3.37. The van der Waals surface area contributed by atoms with Gasteiger partial charge in [-0.25, -0.2) is 9.18 Å². The summed E-state index contributed by atoms with van der Waals surface area (Å²) in [5, 5.41) is 4.38. The molecule has 0 aromatic rings. The molecule has 0 radical (unpaired) electrons. The van der Waals surface area contributed by atoms with Crippen LogP contribution in [0.4, 0.5) is 9.18 Å². The highest BCUT2D eigenvalue weighted by Gasteiger charge is 2.27. The summed E-state index contributed by atoms with van der Waals surface area (Å²) < 4.78 is 12.8. The van der Waals surface area contributed by atoms with Crippen molar-refractivity contribution in [3.8, 4) is 11.8 Å². The minimum Gasteiger partial charge on any atom is -0.316 e. The molecule has 0 aromatic carbocycles. The summed E-state index contributed by atoms with van der Waals surface area (Å²) in [6, 6.07) is -1.41. The molecule has 0 bridgehead atoms. The van der Waals surface area contributed by atoms with Crippen LogP contribution in [0.2, 0.25) is 0 Å². The fourth-order valence-corrected chi connectivity index (χ4v) is 1.34. The van der Waals surface area contributed by atoms with Crippen LogP contribution in [0.15, 0.2) is 17.0 Å². The van der Waals surface area contributed by atoms with Gasteiger partial charge in [0.2, 0.25) is 0 Å². The average Bonchev–Trinajstić information content (AvgIpc) is 2.54. The van der Waals surface area contributed by atoms with E-state index in [2.05, 4.69) is 27.5 Å². The van der Waals surface area contributed by atoms with Crippen LogP contribution >= 0.6 is 0 Å². The van der Waals surface area contributed by atoms with Crippen molar-refractivity contribution in [1.29, 1.82) is 0 Å². The first-order valence-corrected chi connectivity index (χ1v) is 4.65. The van der Waals surface area contributed by atoms with Gasteiger partial charge in [0, 0.05) is 12.6 Å². The van der Waals surface area contributed by atoms with Crippen LogP contribution in [0.5, 0.6) is 0 Å². The number of nitrogens with one attached hydrogen (secondary N) is 2. The lowest BCUT2D eigenvalue weighted by atomic mass is 10.1. The first kappa shape index (κ1) is 10.4. The van der Waals surface area contributed by atoms with E-state index in [0.717, 1.165) is 6.20 Å². The Morgan fingerprint density at radius 3 is 2.88 bits per heavy atom. The lowest BCUT2D eigenvalue weighted by Crippen LogP contribution is -2.27. The minimum absolute atomic E-state index is 0.152. The van der Waals surface area contributed by atoms with Crippen LogP contribution in [0.3, 0.4) is 0 Å². The number of urea groups is 1. The largest absolute Gasteiger partial charge is 0.322 e. The van der Waals surface area contributed by atoms with Gasteiger partial charge in [-0.2, -0.15) is 0 Å². The molecule has 82 valence electrons. The van der Waals surface area contributed by atoms with Gasteiger partial charge < -0.3 is 5.32 Å². The Morgan fingerprint density at radius 1 is 1.44 bits per heavy atom. The standard InChI is InChI=1S/C10H8FN3O2/c11-7-3-6(4-12-5-7)1-2-8-9(15)14-10(16)13-8/h4-6,8H,3H2,(H2,13,14,15,16). The first-order chi connectivity index (χ1) is 7.65. The molecule has 0 aromatic heterocycles. The molecule has 2 rings (SSSR count). The quantitative estimate of drug-likeness (QED) is 0.450. The number of hydrogen-bond donors (Lipinski definition) is 2. The zero-order valence-electron chi connectivity index (χ0n) is 8.16. The fourth-order valence-electron chi connectivity index (χ4n) is 1.34. The van der Waals surface area contributed by atoms with Crippen molar-refractivity contribution in [2.45, 2.75) is 12.5 Å². The Bertz CT molecular complexity index is 458. The summed E-state index contributed by atoms with van der Waals surface area (Å²) in [7, 11) is 0. The first-order valence-electron chi connectivity index (χ1n) is 4.65. The van der Waals surface area contributed by atoms with Gasteiger partial charge >= 0.3 is 6.03 Å². The van der Waals surface area contributed by atoms with E-state index in [-0.39, 0.29) is 18.2 Å². The molecular formula is C10H8FN3O2. The summed E-state index contributed by atoms with van der Waals surface area (Å²) >= 11 is 0. The van der Waals surface area contributed by atoms with Gasteiger partial charge in [-0.05, 0) is 0 Å². The lowest BCUT2D eigenvalue weighted by molar-refractivity contribution is -0.119. The number of rotatable bonds is 0. The van der Waals surface area contributed by atoms with E-state index in [1.165, 1.54) is 6.21 Å². The molecule has 1 saturated heterocycles. The summed E-state index contributed by atoms with van der Waals surface area (Å²) in [5.74, 6) is 4.08. The summed E-state index contributed by atoms with van der Waals surface area (Å²) in [4.78, 5) is 25.5.